The van der Waals surface area contributed by atoms with Crippen molar-refractivity contribution in [3.63, 3.8) is 0 Å². The molecule has 0 unspecified atom stereocenters. The molecule has 5 rings (SSSR count). The number of anilines is 2. The van der Waals surface area contributed by atoms with Crippen LogP contribution >= 0.6 is 0 Å². The van der Waals surface area contributed by atoms with E-state index in [0.717, 1.165) is 22.9 Å². The van der Waals surface area contributed by atoms with Crippen LogP contribution in [0.5, 0.6) is 17.2 Å². The number of para-hydroxylation sites is 2. The predicted octanol–water partition coefficient (Wildman–Crippen LogP) is 10.7. The van der Waals surface area contributed by atoms with Gasteiger partial charge < -0.3 is 26.4 Å². The van der Waals surface area contributed by atoms with E-state index in [1.807, 2.05) is 96.1 Å². The minimum absolute atomic E-state index is 0.258. The SMILES string of the molecule is CC.CC.CCC.CCC.CCNc1nc(C)nc(N)n1.Cc1ccccc1O.Oc1ccc2ccccc2c1.Oc1ccccc1. The van der Waals surface area contributed by atoms with Crippen LogP contribution < -0.4 is 11.1 Å². The quantitative estimate of drug-likeness (QED) is 0.128. The van der Waals surface area contributed by atoms with Gasteiger partial charge in [-0.3, -0.25) is 0 Å². The van der Waals surface area contributed by atoms with Crippen molar-refractivity contribution in [3.8, 4) is 17.2 Å². The number of hydrogen-bond donors (Lipinski definition) is 5. The fourth-order valence-corrected chi connectivity index (χ4v) is 2.91. The van der Waals surface area contributed by atoms with Gasteiger partial charge in [-0.15, -0.1) is 0 Å². The van der Waals surface area contributed by atoms with Gasteiger partial charge in [0.15, 0.2) is 0 Å². The zero-order chi connectivity index (χ0) is 36.5. The molecule has 6 N–H and O–H groups in total. The highest BCUT2D eigenvalue weighted by Crippen LogP contribution is 2.18. The molecule has 1 heterocycles. The molecule has 0 spiro atoms. The maximum absolute atomic E-state index is 9.13. The van der Waals surface area contributed by atoms with E-state index in [1.165, 1.54) is 12.8 Å². The van der Waals surface area contributed by atoms with Gasteiger partial charge in [0, 0.05) is 6.54 Å². The molecule has 1 aromatic heterocycles. The number of hydrogen-bond acceptors (Lipinski definition) is 8. The average Bonchev–Trinajstić information content (AvgIpc) is 3.06. The first kappa shape index (κ1) is 46.6. The number of rotatable bonds is 2. The standard InChI is InChI=1S/C10H8O.C7H8O.C6H11N5.C6H6O.2C3H8.2C2H6/c11-10-6-5-8-3-1-2-4-9(8)7-10;1-6-4-2-3-5-7(6)8;1-3-8-6-10-4(2)9-5(7)11-6;7-6-4-2-1-3-5-6;2*1-3-2;2*1-2/h1-7,11H;2-5,8H,1H3;3H2,1-2H3,(H3,7,8,9,10,11);1-5,7H;2*3H2,1-2H3;2*1-2H3. The number of nitrogen functional groups attached to an aromatic ring is 1. The van der Waals surface area contributed by atoms with Gasteiger partial charge in [0.25, 0.3) is 0 Å². The van der Waals surface area contributed by atoms with Crippen molar-refractivity contribution >= 4 is 22.7 Å². The summed E-state index contributed by atoms with van der Waals surface area (Å²) in [6, 6.07) is 29.3. The molecular formula is C39H61N5O3. The van der Waals surface area contributed by atoms with Gasteiger partial charge in [-0.2, -0.15) is 15.0 Å². The molecule has 0 aliphatic rings. The monoisotopic (exact) mass is 647 g/mol. The highest BCUT2D eigenvalue weighted by molar-refractivity contribution is 5.83. The Morgan fingerprint density at radius 2 is 1.06 bits per heavy atom. The second kappa shape index (κ2) is 32.5. The van der Waals surface area contributed by atoms with Gasteiger partial charge in [-0.1, -0.05) is 135 Å². The molecule has 0 saturated heterocycles. The van der Waals surface area contributed by atoms with Crippen molar-refractivity contribution in [1.82, 2.24) is 15.0 Å². The van der Waals surface area contributed by atoms with Crippen LogP contribution in [0, 0.1) is 13.8 Å². The third kappa shape index (κ3) is 26.1. The molecule has 260 valence electrons. The lowest BCUT2D eigenvalue weighted by Crippen LogP contribution is -2.07. The van der Waals surface area contributed by atoms with Gasteiger partial charge in [0.2, 0.25) is 11.9 Å². The fraction of sp³-hybridized carbons (Fsp3) is 0.359. The molecule has 0 amide bonds. The summed E-state index contributed by atoms with van der Waals surface area (Å²) in [5.41, 5.74) is 6.31. The lowest BCUT2D eigenvalue weighted by molar-refractivity contribution is 0.471. The first-order chi connectivity index (χ1) is 22.6. The molecule has 0 saturated carbocycles. The van der Waals surface area contributed by atoms with Crippen LogP contribution in [0.1, 0.15) is 86.5 Å². The minimum Gasteiger partial charge on any atom is -0.508 e. The smallest absolute Gasteiger partial charge is 0.227 e. The number of phenolic OH excluding ortho intramolecular Hbond substituents is 3. The van der Waals surface area contributed by atoms with Gasteiger partial charge in [0.05, 0.1) is 0 Å². The summed E-state index contributed by atoms with van der Waals surface area (Å²) >= 11 is 0. The van der Waals surface area contributed by atoms with Gasteiger partial charge >= 0.3 is 0 Å². The zero-order valence-electron chi connectivity index (χ0n) is 30.6. The normalized spacial score (nSPS) is 8.49. The molecule has 8 nitrogen and oxygen atoms in total. The van der Waals surface area contributed by atoms with E-state index in [9.17, 15) is 0 Å². The van der Waals surface area contributed by atoms with E-state index in [-0.39, 0.29) is 5.95 Å². The number of phenols is 3. The van der Waals surface area contributed by atoms with Crippen LogP contribution in [0.4, 0.5) is 11.9 Å². The van der Waals surface area contributed by atoms with Crippen molar-refractivity contribution < 1.29 is 15.3 Å². The summed E-state index contributed by atoms with van der Waals surface area (Å²) in [6.07, 6.45) is 2.50. The second-order valence-electron chi connectivity index (χ2n) is 9.16. The number of nitrogens with zero attached hydrogens (tertiary/aromatic N) is 3. The van der Waals surface area contributed by atoms with E-state index in [0.29, 0.717) is 29.0 Å². The third-order valence-corrected chi connectivity index (χ3v) is 4.70. The Balaban J connectivity index is -0.000000508. The van der Waals surface area contributed by atoms with E-state index < -0.39 is 0 Å². The fourth-order valence-electron chi connectivity index (χ4n) is 2.91. The summed E-state index contributed by atoms with van der Waals surface area (Å²) in [5.74, 6) is 2.44. The number of nitrogens with one attached hydrogen (secondary N) is 1. The van der Waals surface area contributed by atoms with Gasteiger partial charge in [-0.25, -0.2) is 0 Å². The van der Waals surface area contributed by atoms with E-state index in [1.54, 1.807) is 49.4 Å². The summed E-state index contributed by atoms with van der Waals surface area (Å²) < 4.78 is 0. The van der Waals surface area contributed by atoms with Crippen molar-refractivity contribution in [2.24, 2.45) is 0 Å². The summed E-state index contributed by atoms with van der Waals surface area (Å²) in [6.45, 7) is 22.9. The molecule has 47 heavy (non-hydrogen) atoms. The van der Waals surface area contributed by atoms with Gasteiger partial charge in [0.1, 0.15) is 23.1 Å². The van der Waals surface area contributed by atoms with Crippen molar-refractivity contribution in [3.05, 3.63) is 108 Å². The Morgan fingerprint density at radius 3 is 1.49 bits per heavy atom. The highest BCUT2D eigenvalue weighted by atomic mass is 16.3. The Kier molecular flexibility index (Phi) is 32.2. The van der Waals surface area contributed by atoms with E-state index >= 15 is 0 Å². The number of aromatic nitrogens is 3. The molecule has 0 aliphatic heterocycles. The van der Waals surface area contributed by atoms with E-state index in [2.05, 4.69) is 48.0 Å². The summed E-state index contributed by atoms with van der Waals surface area (Å²) in [4.78, 5) is 11.7. The van der Waals surface area contributed by atoms with Crippen LogP contribution in [-0.4, -0.2) is 36.8 Å². The minimum atomic E-state index is 0.258. The first-order valence-corrected chi connectivity index (χ1v) is 16.5. The topological polar surface area (TPSA) is 137 Å². The van der Waals surface area contributed by atoms with Crippen LogP contribution in [0.2, 0.25) is 0 Å². The zero-order valence-corrected chi connectivity index (χ0v) is 30.6. The lowest BCUT2D eigenvalue weighted by atomic mass is 10.1. The van der Waals surface area contributed by atoms with E-state index in [4.69, 9.17) is 21.1 Å². The van der Waals surface area contributed by atoms with Crippen LogP contribution in [0.15, 0.2) is 97.1 Å². The van der Waals surface area contributed by atoms with Crippen molar-refractivity contribution in [2.45, 2.75) is 89.0 Å². The predicted molar refractivity (Wildman–Crippen MR) is 204 cm³/mol. The largest absolute Gasteiger partial charge is 0.508 e. The van der Waals surface area contributed by atoms with Crippen molar-refractivity contribution in [1.29, 1.82) is 0 Å². The second-order valence-corrected chi connectivity index (χ2v) is 9.16. The van der Waals surface area contributed by atoms with Crippen LogP contribution in [-0.2, 0) is 0 Å². The van der Waals surface area contributed by atoms with Crippen LogP contribution in [0.3, 0.4) is 0 Å². The number of aryl methyl sites for hydroxylation is 2. The molecule has 5 aromatic rings. The lowest BCUT2D eigenvalue weighted by Gasteiger charge is -2.01. The molecule has 0 bridgehead atoms. The maximum atomic E-state index is 9.13. The summed E-state index contributed by atoms with van der Waals surface area (Å²) in [5, 5.41) is 31.9. The highest BCUT2D eigenvalue weighted by Gasteiger charge is 1.97. The Morgan fingerprint density at radius 1 is 0.574 bits per heavy atom. The molecule has 8 heteroatoms. The molecule has 0 atom stereocenters. The van der Waals surface area contributed by atoms with Gasteiger partial charge in [-0.05, 0) is 67.4 Å². The molecular weight excluding hydrogens is 586 g/mol. The Labute approximate surface area is 284 Å². The number of benzene rings is 4. The molecule has 0 aliphatic carbocycles. The number of fused-ring (bicyclic) bond motifs is 1. The Bertz CT molecular complexity index is 1360. The first-order valence-electron chi connectivity index (χ1n) is 16.5. The molecule has 4 aromatic carbocycles. The average molecular weight is 648 g/mol. The van der Waals surface area contributed by atoms with Crippen molar-refractivity contribution in [2.75, 3.05) is 17.6 Å². The molecule has 0 radical (unpaired) electrons. The number of aromatic hydroxyl groups is 3. The maximum Gasteiger partial charge on any atom is 0.227 e. The summed E-state index contributed by atoms with van der Waals surface area (Å²) in [7, 11) is 0. The van der Waals surface area contributed by atoms with Crippen LogP contribution in [0.25, 0.3) is 10.8 Å². The third-order valence-electron chi connectivity index (χ3n) is 4.70. The number of nitrogens with two attached hydrogens (primary N) is 1. The Hall–Kier alpha value is -4.85. The molecule has 0 fully saturated rings.